The molecule has 0 aliphatic heterocycles. The van der Waals surface area contributed by atoms with Crippen LogP contribution in [0.15, 0.2) is 16.6 Å². The topological polar surface area (TPSA) is 9.23 Å². The van der Waals surface area contributed by atoms with Crippen LogP contribution in [0, 0.1) is 13.8 Å². The lowest BCUT2D eigenvalue weighted by atomic mass is 10.1. The van der Waals surface area contributed by atoms with Crippen LogP contribution in [0.4, 0.5) is 0 Å². The van der Waals surface area contributed by atoms with Crippen LogP contribution < -0.4 is 4.74 Å². The van der Waals surface area contributed by atoms with Crippen molar-refractivity contribution in [1.82, 2.24) is 0 Å². The molecule has 88 valence electrons. The van der Waals surface area contributed by atoms with Crippen LogP contribution in [0.1, 0.15) is 38.8 Å². The van der Waals surface area contributed by atoms with Crippen LogP contribution >= 0.6 is 15.9 Å². The lowest BCUT2D eigenvalue weighted by Crippen LogP contribution is -1.88. The maximum absolute atomic E-state index is 5.16. The van der Waals surface area contributed by atoms with Gasteiger partial charge in [0.15, 0.2) is 0 Å². The highest BCUT2D eigenvalue weighted by Crippen LogP contribution is 2.25. The van der Waals surface area contributed by atoms with Crippen molar-refractivity contribution in [2.45, 2.75) is 41.5 Å². The summed E-state index contributed by atoms with van der Waals surface area (Å²) in [5.74, 6) is 0.950. The van der Waals surface area contributed by atoms with Gasteiger partial charge in [-0.2, -0.15) is 0 Å². The van der Waals surface area contributed by atoms with Crippen molar-refractivity contribution in [3.8, 4) is 5.75 Å². The fourth-order valence-electron chi connectivity index (χ4n) is 0.974. The van der Waals surface area contributed by atoms with Gasteiger partial charge in [-0.05, 0) is 37.1 Å². The van der Waals surface area contributed by atoms with E-state index in [0.717, 1.165) is 15.8 Å². The number of halogens is 1. The van der Waals surface area contributed by atoms with Gasteiger partial charge in [-0.15, -0.1) is 0 Å². The second kappa shape index (κ2) is 10.0. The second-order valence-corrected chi connectivity index (χ2v) is 3.43. The summed E-state index contributed by atoms with van der Waals surface area (Å²) >= 11 is 3.45. The summed E-state index contributed by atoms with van der Waals surface area (Å²) in [6, 6.07) is 4.09. The van der Waals surface area contributed by atoms with Gasteiger partial charge < -0.3 is 4.74 Å². The van der Waals surface area contributed by atoms with Gasteiger partial charge in [-0.1, -0.05) is 43.6 Å². The maximum Gasteiger partial charge on any atom is 0.122 e. The molecular formula is C13H23BrO. The SMILES string of the molecule is CC.CC.COc1cc(C)c(Br)cc1C. The van der Waals surface area contributed by atoms with Gasteiger partial charge in [-0.3, -0.25) is 0 Å². The Balaban J connectivity index is 0. The molecule has 1 nitrogen and oxygen atoms in total. The molecule has 0 unspecified atom stereocenters. The number of rotatable bonds is 1. The zero-order valence-electron chi connectivity index (χ0n) is 10.9. The smallest absolute Gasteiger partial charge is 0.122 e. The molecule has 2 heteroatoms. The molecule has 0 atom stereocenters. The summed E-state index contributed by atoms with van der Waals surface area (Å²) in [5, 5.41) is 0. The molecule has 15 heavy (non-hydrogen) atoms. The van der Waals surface area contributed by atoms with Gasteiger partial charge in [0.2, 0.25) is 0 Å². The Hall–Kier alpha value is -0.500. The first-order valence-electron chi connectivity index (χ1n) is 5.46. The van der Waals surface area contributed by atoms with E-state index in [9.17, 15) is 0 Å². The van der Waals surface area contributed by atoms with E-state index in [1.54, 1.807) is 7.11 Å². The fraction of sp³-hybridized carbons (Fsp3) is 0.538. The third-order valence-corrected chi connectivity index (χ3v) is 2.53. The van der Waals surface area contributed by atoms with Crippen molar-refractivity contribution in [3.05, 3.63) is 27.7 Å². The zero-order valence-corrected chi connectivity index (χ0v) is 12.5. The summed E-state index contributed by atoms with van der Waals surface area (Å²) in [6.07, 6.45) is 0. The van der Waals surface area contributed by atoms with Gasteiger partial charge in [0.05, 0.1) is 7.11 Å². The van der Waals surface area contributed by atoms with Crippen molar-refractivity contribution in [1.29, 1.82) is 0 Å². The molecule has 0 aliphatic carbocycles. The minimum atomic E-state index is 0.950. The van der Waals surface area contributed by atoms with Gasteiger partial charge >= 0.3 is 0 Å². The largest absolute Gasteiger partial charge is 0.496 e. The van der Waals surface area contributed by atoms with Crippen molar-refractivity contribution in [3.63, 3.8) is 0 Å². The highest BCUT2D eigenvalue weighted by Gasteiger charge is 2.00. The molecule has 0 N–H and O–H groups in total. The molecule has 0 amide bonds. The van der Waals surface area contributed by atoms with E-state index in [1.807, 2.05) is 47.6 Å². The highest BCUT2D eigenvalue weighted by atomic mass is 79.9. The van der Waals surface area contributed by atoms with Crippen LogP contribution in [0.25, 0.3) is 0 Å². The molecule has 1 aromatic rings. The Morgan fingerprint density at radius 2 is 1.40 bits per heavy atom. The Morgan fingerprint density at radius 1 is 0.933 bits per heavy atom. The average Bonchev–Trinajstić information content (AvgIpc) is 2.29. The lowest BCUT2D eigenvalue weighted by molar-refractivity contribution is 0.411. The van der Waals surface area contributed by atoms with E-state index >= 15 is 0 Å². The van der Waals surface area contributed by atoms with Crippen molar-refractivity contribution >= 4 is 15.9 Å². The Bertz CT molecular complexity index is 269. The quantitative estimate of drug-likeness (QED) is 0.690. The summed E-state index contributed by atoms with van der Waals surface area (Å²) in [4.78, 5) is 0. The van der Waals surface area contributed by atoms with E-state index in [0.29, 0.717) is 0 Å². The summed E-state index contributed by atoms with van der Waals surface area (Å²) in [7, 11) is 1.69. The molecule has 1 aromatic carbocycles. The fourth-order valence-corrected chi connectivity index (χ4v) is 1.43. The van der Waals surface area contributed by atoms with Gasteiger partial charge in [0.1, 0.15) is 5.75 Å². The van der Waals surface area contributed by atoms with Gasteiger partial charge in [0.25, 0.3) is 0 Å². The van der Waals surface area contributed by atoms with Crippen LogP contribution in [0.5, 0.6) is 5.75 Å². The third kappa shape index (κ3) is 5.83. The molecular weight excluding hydrogens is 252 g/mol. The predicted octanol–water partition coefficient (Wildman–Crippen LogP) is 5.13. The van der Waals surface area contributed by atoms with E-state index in [1.165, 1.54) is 5.56 Å². The van der Waals surface area contributed by atoms with E-state index in [4.69, 9.17) is 4.74 Å². The summed E-state index contributed by atoms with van der Waals surface area (Å²) < 4.78 is 6.29. The molecule has 0 heterocycles. The summed E-state index contributed by atoms with van der Waals surface area (Å²) in [6.45, 7) is 12.1. The molecule has 0 fully saturated rings. The normalized spacial score (nSPS) is 8.00. The standard InChI is InChI=1S/C9H11BrO.2C2H6/c1-6-5-9(11-3)7(2)4-8(6)10;2*1-2/h4-5H,1-3H3;2*1-2H3. The van der Waals surface area contributed by atoms with Crippen LogP contribution in [0.3, 0.4) is 0 Å². The van der Waals surface area contributed by atoms with Crippen LogP contribution in [0.2, 0.25) is 0 Å². The first kappa shape index (κ1) is 16.9. The van der Waals surface area contributed by atoms with Crippen molar-refractivity contribution < 1.29 is 4.74 Å². The van der Waals surface area contributed by atoms with Gasteiger partial charge in [-0.25, -0.2) is 0 Å². The summed E-state index contributed by atoms with van der Waals surface area (Å²) in [5.41, 5.74) is 2.36. The van der Waals surface area contributed by atoms with Crippen molar-refractivity contribution in [2.24, 2.45) is 0 Å². The first-order chi connectivity index (χ1) is 7.15. The first-order valence-corrected chi connectivity index (χ1v) is 6.25. The van der Waals surface area contributed by atoms with Crippen LogP contribution in [-0.4, -0.2) is 7.11 Å². The number of methoxy groups -OCH3 is 1. The highest BCUT2D eigenvalue weighted by molar-refractivity contribution is 9.10. The molecule has 0 bridgehead atoms. The maximum atomic E-state index is 5.16. The molecule has 0 radical (unpaired) electrons. The number of benzene rings is 1. The monoisotopic (exact) mass is 274 g/mol. The minimum Gasteiger partial charge on any atom is -0.496 e. The Kier molecular flexibility index (Phi) is 11.3. The predicted molar refractivity (Wildman–Crippen MR) is 72.9 cm³/mol. The van der Waals surface area contributed by atoms with E-state index < -0.39 is 0 Å². The Labute approximate surface area is 103 Å². The zero-order chi connectivity index (χ0) is 12.4. The van der Waals surface area contributed by atoms with E-state index in [2.05, 4.69) is 22.0 Å². The molecule has 0 saturated carbocycles. The van der Waals surface area contributed by atoms with Crippen molar-refractivity contribution in [2.75, 3.05) is 7.11 Å². The van der Waals surface area contributed by atoms with E-state index in [-0.39, 0.29) is 0 Å². The number of hydrogen-bond acceptors (Lipinski definition) is 1. The van der Waals surface area contributed by atoms with Gasteiger partial charge in [0, 0.05) is 4.47 Å². The minimum absolute atomic E-state index is 0.950. The Morgan fingerprint density at radius 3 is 1.80 bits per heavy atom. The molecule has 1 rings (SSSR count). The second-order valence-electron chi connectivity index (χ2n) is 2.57. The molecule has 0 saturated heterocycles. The number of aryl methyl sites for hydroxylation is 2. The van der Waals surface area contributed by atoms with Crippen LogP contribution in [-0.2, 0) is 0 Å². The third-order valence-electron chi connectivity index (χ3n) is 1.68. The molecule has 0 aliphatic rings. The molecule has 0 aromatic heterocycles. The molecule has 0 spiro atoms. The average molecular weight is 275 g/mol. The number of ether oxygens (including phenoxy) is 1. The number of hydrogen-bond donors (Lipinski definition) is 0. The lowest BCUT2D eigenvalue weighted by Gasteiger charge is -2.06.